The van der Waals surface area contributed by atoms with Crippen LogP contribution in [-0.4, -0.2) is 38.8 Å². The van der Waals surface area contributed by atoms with Crippen molar-refractivity contribution in [3.8, 4) is 0 Å². The third-order valence-corrected chi connectivity index (χ3v) is 5.10. The lowest BCUT2D eigenvalue weighted by Gasteiger charge is -2.31. The van der Waals surface area contributed by atoms with Crippen LogP contribution in [0.4, 0.5) is 8.78 Å². The molecule has 2 amide bonds. The lowest BCUT2D eigenvalue weighted by atomic mass is 9.98. The van der Waals surface area contributed by atoms with Crippen LogP contribution in [0.15, 0.2) is 36.4 Å². The van der Waals surface area contributed by atoms with Crippen molar-refractivity contribution in [2.75, 3.05) is 0 Å². The zero-order chi connectivity index (χ0) is 24.5. The van der Waals surface area contributed by atoms with Gasteiger partial charge in [-0.05, 0) is 51.1 Å². The highest BCUT2D eigenvalue weighted by molar-refractivity contribution is 6.31. The van der Waals surface area contributed by atoms with Gasteiger partial charge in [-0.2, -0.15) is 0 Å². The van der Waals surface area contributed by atoms with Crippen LogP contribution in [0.2, 0.25) is 5.02 Å². The highest BCUT2D eigenvalue weighted by atomic mass is 35.5. The van der Waals surface area contributed by atoms with Crippen molar-refractivity contribution < 1.29 is 28.3 Å². The fraction of sp³-hybridized carbons (Fsp3) is 0.261. The van der Waals surface area contributed by atoms with Crippen molar-refractivity contribution >= 4 is 40.8 Å². The minimum Gasteiger partial charge on any atom is -0.477 e. The van der Waals surface area contributed by atoms with Crippen LogP contribution < -0.4 is 5.32 Å². The molecule has 10 heteroatoms. The van der Waals surface area contributed by atoms with Crippen molar-refractivity contribution in [2.24, 2.45) is 0 Å². The molecule has 1 heterocycles. The summed E-state index contributed by atoms with van der Waals surface area (Å²) in [7, 11) is 0. The molecule has 0 fully saturated rings. The number of aromatic amines is 1. The summed E-state index contributed by atoms with van der Waals surface area (Å²) in [5.74, 6) is -3.55. The van der Waals surface area contributed by atoms with Crippen LogP contribution in [0.5, 0.6) is 0 Å². The Morgan fingerprint density at radius 2 is 1.91 bits per heavy atom. The smallest absolute Gasteiger partial charge is 0.352 e. The van der Waals surface area contributed by atoms with Gasteiger partial charge in [-0.3, -0.25) is 9.59 Å². The third-order valence-electron chi connectivity index (χ3n) is 4.86. The summed E-state index contributed by atoms with van der Waals surface area (Å²) in [6.07, 6.45) is 0.303. The molecule has 33 heavy (non-hydrogen) atoms. The average molecular weight is 478 g/mol. The number of hydrogen-bond acceptors (Lipinski definition) is 3. The Balaban J connectivity index is 2.23. The fourth-order valence-corrected chi connectivity index (χ4v) is 3.75. The minimum absolute atomic E-state index is 0.000159. The Labute approximate surface area is 193 Å². The van der Waals surface area contributed by atoms with Crippen LogP contribution in [0.3, 0.4) is 0 Å². The molecule has 174 valence electrons. The largest absolute Gasteiger partial charge is 0.477 e. The molecule has 0 aliphatic rings. The average Bonchev–Trinajstić information content (AvgIpc) is 3.07. The Morgan fingerprint density at radius 1 is 1.21 bits per heavy atom. The van der Waals surface area contributed by atoms with Gasteiger partial charge in [0.25, 0.3) is 0 Å². The Bertz CT molecular complexity index is 1240. The first kappa shape index (κ1) is 24.2. The molecular weight excluding hydrogens is 456 g/mol. The zero-order valence-corrected chi connectivity index (χ0v) is 18.8. The molecular formula is C23H22ClF2N3O4. The summed E-state index contributed by atoms with van der Waals surface area (Å²) in [5, 5.41) is 13.2. The van der Waals surface area contributed by atoms with E-state index >= 15 is 0 Å². The van der Waals surface area contributed by atoms with Crippen molar-refractivity contribution in [2.45, 2.75) is 38.9 Å². The van der Waals surface area contributed by atoms with Gasteiger partial charge >= 0.3 is 5.97 Å². The van der Waals surface area contributed by atoms with E-state index in [2.05, 4.69) is 10.3 Å². The molecule has 0 saturated heterocycles. The maximum absolute atomic E-state index is 14.3. The molecule has 3 aromatic rings. The van der Waals surface area contributed by atoms with Crippen molar-refractivity contribution in [3.63, 3.8) is 0 Å². The van der Waals surface area contributed by atoms with Gasteiger partial charge in [0.05, 0.1) is 0 Å². The SMILES string of the molecule is CC(C)(C)NC(=O)C(c1c(C(=O)O)[nH]c2cc(Cl)ccc12)N(C=O)Cc1cc(F)ccc1F. The second-order valence-corrected chi connectivity index (χ2v) is 9.00. The van der Waals surface area contributed by atoms with Crippen LogP contribution in [0.25, 0.3) is 10.9 Å². The van der Waals surface area contributed by atoms with Crippen LogP contribution in [0, 0.1) is 11.6 Å². The van der Waals surface area contributed by atoms with Gasteiger partial charge in [-0.1, -0.05) is 17.7 Å². The minimum atomic E-state index is -1.47. The number of carboxylic acids is 1. The number of nitrogens with one attached hydrogen (secondary N) is 2. The number of amides is 2. The number of carboxylic acid groups (broad SMARTS) is 1. The number of aromatic nitrogens is 1. The second kappa shape index (κ2) is 9.19. The van der Waals surface area contributed by atoms with Gasteiger partial charge in [-0.15, -0.1) is 0 Å². The number of H-pyrrole nitrogens is 1. The predicted octanol–water partition coefficient (Wildman–Crippen LogP) is 4.41. The van der Waals surface area contributed by atoms with E-state index in [0.717, 1.165) is 23.1 Å². The summed E-state index contributed by atoms with van der Waals surface area (Å²) >= 11 is 6.03. The standard InChI is InChI=1S/C23H22ClF2N3O4/c1-23(2,3)28-21(31)20(29(11-30)10-12-8-14(25)5-7-16(12)26)18-15-6-4-13(24)9-17(15)27-19(18)22(32)33/h4-9,11,20,27H,10H2,1-3H3,(H,28,31)(H,32,33). The molecule has 1 atom stereocenters. The number of rotatable bonds is 7. The molecule has 1 unspecified atom stereocenters. The normalized spacial score (nSPS) is 12.4. The molecule has 0 aliphatic heterocycles. The zero-order valence-electron chi connectivity index (χ0n) is 18.1. The van der Waals surface area contributed by atoms with Gasteiger partial charge < -0.3 is 20.3 Å². The van der Waals surface area contributed by atoms with Gasteiger partial charge in [0.15, 0.2) is 0 Å². The molecule has 3 rings (SSSR count). The maximum atomic E-state index is 14.3. The van der Waals surface area contributed by atoms with Crippen LogP contribution in [-0.2, 0) is 16.1 Å². The highest BCUT2D eigenvalue weighted by Gasteiger charge is 2.36. The quantitative estimate of drug-likeness (QED) is 0.438. The number of halogens is 3. The van der Waals surface area contributed by atoms with E-state index in [1.807, 2.05) is 0 Å². The van der Waals surface area contributed by atoms with Crippen molar-refractivity contribution in [1.82, 2.24) is 15.2 Å². The number of carbonyl (C=O) groups is 3. The number of nitrogens with zero attached hydrogens (tertiary/aromatic N) is 1. The lowest BCUT2D eigenvalue weighted by molar-refractivity contribution is -0.134. The monoisotopic (exact) mass is 477 g/mol. The Hall–Kier alpha value is -3.46. The predicted molar refractivity (Wildman–Crippen MR) is 119 cm³/mol. The van der Waals surface area contributed by atoms with Gasteiger partial charge in [-0.25, -0.2) is 13.6 Å². The van der Waals surface area contributed by atoms with E-state index in [-0.39, 0.29) is 16.8 Å². The first-order chi connectivity index (χ1) is 15.4. The summed E-state index contributed by atoms with van der Waals surface area (Å²) in [4.78, 5) is 41.2. The molecule has 0 saturated carbocycles. The summed E-state index contributed by atoms with van der Waals surface area (Å²) < 4.78 is 28.0. The van der Waals surface area contributed by atoms with Gasteiger partial charge in [0.2, 0.25) is 12.3 Å². The third kappa shape index (κ3) is 5.31. The maximum Gasteiger partial charge on any atom is 0.352 e. The van der Waals surface area contributed by atoms with Crippen molar-refractivity contribution in [3.05, 3.63) is 69.9 Å². The molecule has 0 spiro atoms. The number of carbonyl (C=O) groups excluding carboxylic acids is 2. The Kier molecular flexibility index (Phi) is 6.73. The van der Waals surface area contributed by atoms with E-state index in [0.29, 0.717) is 22.3 Å². The van der Waals surface area contributed by atoms with E-state index in [1.165, 1.54) is 18.2 Å². The molecule has 0 bridgehead atoms. The van der Waals surface area contributed by atoms with Crippen LogP contribution in [0.1, 0.15) is 48.4 Å². The molecule has 1 aromatic heterocycles. The van der Waals surface area contributed by atoms with Gasteiger partial charge in [0.1, 0.15) is 23.4 Å². The van der Waals surface area contributed by atoms with E-state index < -0.39 is 41.6 Å². The lowest BCUT2D eigenvalue weighted by Crippen LogP contribution is -2.47. The van der Waals surface area contributed by atoms with Crippen LogP contribution >= 0.6 is 11.6 Å². The van der Waals surface area contributed by atoms with E-state index in [9.17, 15) is 28.3 Å². The number of hydrogen-bond donors (Lipinski definition) is 3. The van der Waals surface area contributed by atoms with Gasteiger partial charge in [0, 0.05) is 39.1 Å². The highest BCUT2D eigenvalue weighted by Crippen LogP contribution is 2.34. The summed E-state index contributed by atoms with van der Waals surface area (Å²) in [5.41, 5.74) is -0.887. The number of aromatic carboxylic acids is 1. The topological polar surface area (TPSA) is 102 Å². The Morgan fingerprint density at radius 3 is 2.52 bits per heavy atom. The molecule has 2 aromatic carbocycles. The van der Waals surface area contributed by atoms with E-state index in [4.69, 9.17) is 11.6 Å². The first-order valence-corrected chi connectivity index (χ1v) is 10.3. The molecule has 7 nitrogen and oxygen atoms in total. The fourth-order valence-electron chi connectivity index (χ4n) is 3.58. The molecule has 0 aliphatic carbocycles. The number of benzene rings is 2. The molecule has 0 radical (unpaired) electrons. The van der Waals surface area contributed by atoms with E-state index in [1.54, 1.807) is 20.8 Å². The van der Waals surface area contributed by atoms with Crippen molar-refractivity contribution in [1.29, 1.82) is 0 Å². The second-order valence-electron chi connectivity index (χ2n) is 8.56. The molecule has 3 N–H and O–H groups in total. The summed E-state index contributed by atoms with van der Waals surface area (Å²) in [6, 6.07) is 5.82. The first-order valence-electron chi connectivity index (χ1n) is 9.92. The number of fused-ring (bicyclic) bond motifs is 1. The summed E-state index contributed by atoms with van der Waals surface area (Å²) in [6.45, 7) is 4.67.